The Kier molecular flexibility index (Phi) is 5.05. The molecule has 0 aliphatic heterocycles. The van der Waals surface area contributed by atoms with E-state index in [4.69, 9.17) is 0 Å². The number of thiazole rings is 1. The Labute approximate surface area is 127 Å². The van der Waals surface area contributed by atoms with Gasteiger partial charge in [-0.25, -0.2) is 4.98 Å². The van der Waals surface area contributed by atoms with E-state index in [1.807, 2.05) is 12.3 Å². The maximum Gasteiger partial charge on any atom is 0.251 e. The first-order valence-electron chi connectivity index (χ1n) is 6.68. The van der Waals surface area contributed by atoms with Gasteiger partial charge in [0, 0.05) is 29.8 Å². The average molecular weight is 303 g/mol. The van der Waals surface area contributed by atoms with Crippen LogP contribution in [0, 0.1) is 0 Å². The van der Waals surface area contributed by atoms with Gasteiger partial charge in [-0.1, -0.05) is 6.92 Å². The van der Waals surface area contributed by atoms with Crippen LogP contribution in [0.4, 0.5) is 5.69 Å². The molecule has 21 heavy (non-hydrogen) atoms. The van der Waals surface area contributed by atoms with Crippen molar-refractivity contribution in [2.45, 2.75) is 26.3 Å². The summed E-state index contributed by atoms with van der Waals surface area (Å²) in [5.74, 6) is -0.284. The molecule has 1 atom stereocenters. The highest BCUT2D eigenvalue weighted by atomic mass is 32.1. The molecule has 0 radical (unpaired) electrons. The molecule has 1 heterocycles. The van der Waals surface area contributed by atoms with Crippen LogP contribution in [0.25, 0.3) is 0 Å². The number of carbonyl (C=O) groups excluding carboxylic acids is 2. The second-order valence-corrected chi connectivity index (χ2v) is 5.49. The number of rotatable bonds is 5. The Morgan fingerprint density at radius 2 is 2.00 bits per heavy atom. The molecule has 0 saturated carbocycles. The largest absolute Gasteiger partial charge is 0.343 e. The predicted octanol–water partition coefficient (Wildman–Crippen LogP) is 2.98. The Balaban J connectivity index is 2.04. The van der Waals surface area contributed by atoms with Crippen molar-refractivity contribution < 1.29 is 9.59 Å². The summed E-state index contributed by atoms with van der Waals surface area (Å²) in [4.78, 5) is 27.4. The van der Waals surface area contributed by atoms with Gasteiger partial charge in [0.05, 0.1) is 6.04 Å². The van der Waals surface area contributed by atoms with Gasteiger partial charge in [0.2, 0.25) is 5.91 Å². The molecule has 5 nitrogen and oxygen atoms in total. The van der Waals surface area contributed by atoms with E-state index in [2.05, 4.69) is 15.6 Å². The van der Waals surface area contributed by atoms with Gasteiger partial charge in [-0.3, -0.25) is 9.59 Å². The van der Waals surface area contributed by atoms with Crippen LogP contribution in [0.2, 0.25) is 0 Å². The lowest BCUT2D eigenvalue weighted by molar-refractivity contribution is -0.114. The van der Waals surface area contributed by atoms with Crippen LogP contribution in [0.5, 0.6) is 0 Å². The molecule has 1 aromatic carbocycles. The van der Waals surface area contributed by atoms with Gasteiger partial charge in [-0.05, 0) is 30.7 Å². The fraction of sp³-hybridized carbons (Fsp3) is 0.267. The minimum absolute atomic E-state index is 0.0764. The number of anilines is 1. The predicted molar refractivity (Wildman–Crippen MR) is 83.4 cm³/mol. The smallest absolute Gasteiger partial charge is 0.251 e. The number of nitrogens with one attached hydrogen (secondary N) is 2. The van der Waals surface area contributed by atoms with Gasteiger partial charge < -0.3 is 10.6 Å². The minimum atomic E-state index is -0.147. The van der Waals surface area contributed by atoms with Crippen LogP contribution in [-0.2, 0) is 4.79 Å². The molecule has 2 aromatic rings. The third-order valence-corrected chi connectivity index (χ3v) is 3.82. The van der Waals surface area contributed by atoms with E-state index in [1.165, 1.54) is 18.3 Å². The van der Waals surface area contributed by atoms with E-state index in [-0.39, 0.29) is 17.9 Å². The highest BCUT2D eigenvalue weighted by Gasteiger charge is 2.16. The lowest BCUT2D eigenvalue weighted by atomic mass is 10.1. The Hall–Kier alpha value is -2.21. The highest BCUT2D eigenvalue weighted by molar-refractivity contribution is 7.09. The molecule has 0 aliphatic rings. The van der Waals surface area contributed by atoms with Crippen molar-refractivity contribution in [2.24, 2.45) is 0 Å². The summed E-state index contributed by atoms with van der Waals surface area (Å²) in [6.07, 6.45) is 2.51. The van der Waals surface area contributed by atoms with E-state index in [0.717, 1.165) is 11.4 Å². The van der Waals surface area contributed by atoms with E-state index in [0.29, 0.717) is 11.3 Å². The van der Waals surface area contributed by atoms with Crippen LogP contribution in [0.15, 0.2) is 35.8 Å². The average Bonchev–Trinajstić information content (AvgIpc) is 2.98. The Bertz CT molecular complexity index is 608. The molecule has 0 bridgehead atoms. The lowest BCUT2D eigenvalue weighted by Gasteiger charge is -2.14. The topological polar surface area (TPSA) is 71.1 Å². The van der Waals surface area contributed by atoms with E-state index in [1.54, 1.807) is 30.5 Å². The summed E-state index contributed by atoms with van der Waals surface area (Å²) in [6, 6.07) is 6.72. The molecule has 0 unspecified atom stereocenters. The van der Waals surface area contributed by atoms with Gasteiger partial charge in [-0.15, -0.1) is 11.3 Å². The molecule has 0 saturated heterocycles. The first-order valence-corrected chi connectivity index (χ1v) is 7.56. The normalized spacial score (nSPS) is 11.7. The first-order chi connectivity index (χ1) is 10.1. The van der Waals surface area contributed by atoms with Gasteiger partial charge in [0.15, 0.2) is 0 Å². The third-order valence-electron chi connectivity index (χ3n) is 2.93. The number of carbonyl (C=O) groups is 2. The fourth-order valence-corrected chi connectivity index (χ4v) is 2.67. The molecule has 2 N–H and O–H groups in total. The number of hydrogen-bond acceptors (Lipinski definition) is 4. The zero-order valence-electron chi connectivity index (χ0n) is 11.9. The van der Waals surface area contributed by atoms with Crippen molar-refractivity contribution in [1.29, 1.82) is 0 Å². The van der Waals surface area contributed by atoms with E-state index >= 15 is 0 Å². The van der Waals surface area contributed by atoms with Gasteiger partial charge >= 0.3 is 0 Å². The minimum Gasteiger partial charge on any atom is -0.343 e. The number of hydrogen-bond donors (Lipinski definition) is 2. The molecule has 1 aromatic heterocycles. The molecular formula is C15H17N3O2S. The molecule has 2 amide bonds. The van der Waals surface area contributed by atoms with Crippen molar-refractivity contribution in [1.82, 2.24) is 10.3 Å². The number of aromatic nitrogens is 1. The summed E-state index contributed by atoms with van der Waals surface area (Å²) >= 11 is 1.53. The van der Waals surface area contributed by atoms with Crippen molar-refractivity contribution in [3.63, 3.8) is 0 Å². The Morgan fingerprint density at radius 3 is 2.52 bits per heavy atom. The zero-order chi connectivity index (χ0) is 15.2. The van der Waals surface area contributed by atoms with Crippen molar-refractivity contribution in [3.8, 4) is 0 Å². The van der Waals surface area contributed by atoms with Crippen LogP contribution in [-0.4, -0.2) is 16.8 Å². The van der Waals surface area contributed by atoms with Gasteiger partial charge in [0.25, 0.3) is 5.91 Å². The maximum absolute atomic E-state index is 12.2. The molecular weight excluding hydrogens is 286 g/mol. The van der Waals surface area contributed by atoms with Crippen molar-refractivity contribution in [3.05, 3.63) is 46.4 Å². The number of amides is 2. The van der Waals surface area contributed by atoms with E-state index in [9.17, 15) is 9.59 Å². The molecule has 0 fully saturated rings. The summed E-state index contributed by atoms with van der Waals surface area (Å²) in [7, 11) is 0. The molecule has 110 valence electrons. The number of nitrogens with zero attached hydrogens (tertiary/aromatic N) is 1. The summed E-state index contributed by atoms with van der Waals surface area (Å²) in [6.45, 7) is 3.45. The second-order valence-electron chi connectivity index (χ2n) is 4.56. The molecule has 6 heteroatoms. The van der Waals surface area contributed by atoms with Crippen LogP contribution in [0.1, 0.15) is 41.7 Å². The summed E-state index contributed by atoms with van der Waals surface area (Å²) in [5, 5.41) is 8.43. The quantitative estimate of drug-likeness (QED) is 0.892. The Morgan fingerprint density at radius 1 is 1.29 bits per heavy atom. The van der Waals surface area contributed by atoms with Crippen LogP contribution in [0.3, 0.4) is 0 Å². The monoisotopic (exact) mass is 303 g/mol. The van der Waals surface area contributed by atoms with Crippen LogP contribution < -0.4 is 10.6 Å². The first kappa shape index (κ1) is 15.2. The number of benzene rings is 1. The van der Waals surface area contributed by atoms with Crippen molar-refractivity contribution in [2.75, 3.05) is 5.32 Å². The van der Waals surface area contributed by atoms with Crippen molar-refractivity contribution >= 4 is 28.8 Å². The van der Waals surface area contributed by atoms with Gasteiger partial charge in [-0.2, -0.15) is 0 Å². The zero-order valence-corrected chi connectivity index (χ0v) is 12.7. The molecule has 0 spiro atoms. The molecule has 0 aliphatic carbocycles. The van der Waals surface area contributed by atoms with E-state index < -0.39 is 0 Å². The SMILES string of the molecule is CC[C@@H](NC(=O)c1ccc(NC(C)=O)cc1)c1nccs1. The fourth-order valence-electron chi connectivity index (χ4n) is 1.89. The highest BCUT2D eigenvalue weighted by Crippen LogP contribution is 2.19. The van der Waals surface area contributed by atoms with Crippen LogP contribution >= 0.6 is 11.3 Å². The summed E-state index contributed by atoms with van der Waals surface area (Å²) in [5.41, 5.74) is 1.23. The standard InChI is InChI=1S/C15H17N3O2S/c1-3-13(15-16-8-9-21-15)18-14(20)11-4-6-12(7-5-11)17-10(2)19/h4-9,13H,3H2,1-2H3,(H,17,19)(H,18,20)/t13-/m1/s1. The maximum atomic E-state index is 12.2. The third kappa shape index (κ3) is 4.13. The lowest BCUT2D eigenvalue weighted by Crippen LogP contribution is -2.28. The second kappa shape index (κ2) is 6.99. The van der Waals surface area contributed by atoms with Gasteiger partial charge in [0.1, 0.15) is 5.01 Å². The summed E-state index contributed by atoms with van der Waals surface area (Å²) < 4.78 is 0. The molecule has 2 rings (SSSR count).